The number of ether oxygens (including phenoxy) is 1. The summed E-state index contributed by atoms with van der Waals surface area (Å²) in [5, 5.41) is 2.50. The van der Waals surface area contributed by atoms with Crippen LogP contribution >= 0.6 is 0 Å². The predicted octanol–water partition coefficient (Wildman–Crippen LogP) is 3.13. The molecule has 0 heterocycles. The second kappa shape index (κ2) is 4.29. The predicted molar refractivity (Wildman–Crippen MR) is 74.9 cm³/mol. The quantitative estimate of drug-likeness (QED) is 0.892. The fourth-order valence-electron chi connectivity index (χ4n) is 2.70. The van der Waals surface area contributed by atoms with Crippen LogP contribution in [0.15, 0.2) is 36.4 Å². The molecule has 94 valence electrons. The Hall–Kier alpha value is -1.54. The molecule has 0 radical (unpaired) electrons. The van der Waals surface area contributed by atoms with Gasteiger partial charge in [-0.2, -0.15) is 0 Å². The van der Waals surface area contributed by atoms with Gasteiger partial charge in [0, 0.05) is 5.39 Å². The zero-order valence-electron chi connectivity index (χ0n) is 10.8. The van der Waals surface area contributed by atoms with E-state index in [1.54, 1.807) is 7.11 Å². The van der Waals surface area contributed by atoms with Gasteiger partial charge in [-0.05, 0) is 48.2 Å². The Kier molecular flexibility index (Phi) is 2.75. The molecule has 2 aromatic carbocycles. The van der Waals surface area contributed by atoms with Crippen molar-refractivity contribution in [3.05, 3.63) is 42.0 Å². The van der Waals surface area contributed by atoms with Crippen molar-refractivity contribution in [3.8, 4) is 5.75 Å². The Labute approximate surface area is 108 Å². The number of rotatable bonds is 4. The summed E-state index contributed by atoms with van der Waals surface area (Å²) in [6, 6.07) is 12.7. The van der Waals surface area contributed by atoms with Crippen molar-refractivity contribution in [1.82, 2.24) is 0 Å². The first-order valence-corrected chi connectivity index (χ1v) is 6.53. The van der Waals surface area contributed by atoms with Crippen molar-refractivity contribution in [2.24, 2.45) is 11.1 Å². The van der Waals surface area contributed by atoms with E-state index in [1.165, 1.54) is 29.2 Å². The number of benzene rings is 2. The van der Waals surface area contributed by atoms with Gasteiger partial charge in [-0.25, -0.2) is 0 Å². The number of hydrogen-bond donors (Lipinski definition) is 1. The third kappa shape index (κ3) is 1.87. The summed E-state index contributed by atoms with van der Waals surface area (Å²) in [5.74, 6) is 0.951. The highest BCUT2D eigenvalue weighted by atomic mass is 16.5. The maximum absolute atomic E-state index is 5.89. The van der Waals surface area contributed by atoms with Crippen LogP contribution < -0.4 is 10.5 Å². The molecule has 0 aromatic heterocycles. The van der Waals surface area contributed by atoms with Crippen LogP contribution in [0.1, 0.15) is 18.4 Å². The van der Waals surface area contributed by atoms with E-state index >= 15 is 0 Å². The second-order valence-electron chi connectivity index (χ2n) is 5.35. The minimum Gasteiger partial charge on any atom is -0.496 e. The first kappa shape index (κ1) is 11.5. The molecule has 2 nitrogen and oxygen atoms in total. The lowest BCUT2D eigenvalue weighted by Gasteiger charge is -2.15. The zero-order valence-corrected chi connectivity index (χ0v) is 10.8. The molecule has 0 aliphatic heterocycles. The fraction of sp³-hybridized carbons (Fsp3) is 0.375. The average molecular weight is 241 g/mol. The molecule has 2 N–H and O–H groups in total. The molecule has 1 fully saturated rings. The molecule has 18 heavy (non-hydrogen) atoms. The van der Waals surface area contributed by atoms with E-state index in [1.807, 2.05) is 0 Å². The SMILES string of the molecule is COc1ccc(CC2(CN)CC2)c2ccccc12. The number of fused-ring (bicyclic) bond motifs is 1. The molecule has 0 bridgehead atoms. The van der Waals surface area contributed by atoms with E-state index in [4.69, 9.17) is 10.5 Å². The van der Waals surface area contributed by atoms with Crippen LogP contribution in [0.5, 0.6) is 5.75 Å². The summed E-state index contributed by atoms with van der Waals surface area (Å²) in [6.07, 6.45) is 3.63. The van der Waals surface area contributed by atoms with Gasteiger partial charge in [-0.15, -0.1) is 0 Å². The van der Waals surface area contributed by atoms with Crippen LogP contribution in [0.25, 0.3) is 10.8 Å². The van der Waals surface area contributed by atoms with Crippen LogP contribution in [0.2, 0.25) is 0 Å². The summed E-state index contributed by atoms with van der Waals surface area (Å²) >= 11 is 0. The van der Waals surface area contributed by atoms with Crippen LogP contribution in [-0.2, 0) is 6.42 Å². The highest BCUT2D eigenvalue weighted by Gasteiger charge is 2.41. The lowest BCUT2D eigenvalue weighted by atomic mass is 9.92. The monoisotopic (exact) mass is 241 g/mol. The molecule has 0 unspecified atom stereocenters. The minimum absolute atomic E-state index is 0.372. The largest absolute Gasteiger partial charge is 0.496 e. The summed E-state index contributed by atoms with van der Waals surface area (Å²) in [6.45, 7) is 0.799. The van der Waals surface area contributed by atoms with E-state index < -0.39 is 0 Å². The lowest BCUT2D eigenvalue weighted by molar-refractivity contribution is 0.419. The van der Waals surface area contributed by atoms with Crippen molar-refractivity contribution in [3.63, 3.8) is 0 Å². The molecule has 1 aliphatic rings. The van der Waals surface area contributed by atoms with Crippen molar-refractivity contribution in [2.45, 2.75) is 19.3 Å². The summed E-state index contributed by atoms with van der Waals surface area (Å²) in [4.78, 5) is 0. The smallest absolute Gasteiger partial charge is 0.126 e. The molecule has 1 saturated carbocycles. The lowest BCUT2D eigenvalue weighted by Crippen LogP contribution is -2.18. The van der Waals surface area contributed by atoms with Gasteiger partial charge in [-0.1, -0.05) is 30.3 Å². The number of hydrogen-bond acceptors (Lipinski definition) is 2. The Morgan fingerprint density at radius 1 is 1.11 bits per heavy atom. The van der Waals surface area contributed by atoms with Gasteiger partial charge < -0.3 is 10.5 Å². The van der Waals surface area contributed by atoms with E-state index in [-0.39, 0.29) is 0 Å². The highest BCUT2D eigenvalue weighted by molar-refractivity contribution is 5.91. The van der Waals surface area contributed by atoms with Crippen molar-refractivity contribution < 1.29 is 4.74 Å². The average Bonchev–Trinajstić information content (AvgIpc) is 3.20. The third-order valence-electron chi connectivity index (χ3n) is 4.15. The highest BCUT2D eigenvalue weighted by Crippen LogP contribution is 2.48. The van der Waals surface area contributed by atoms with E-state index in [0.717, 1.165) is 18.7 Å². The molecule has 1 aliphatic carbocycles. The molecule has 0 amide bonds. The maximum atomic E-state index is 5.89. The van der Waals surface area contributed by atoms with Gasteiger partial charge in [0.05, 0.1) is 7.11 Å². The van der Waals surface area contributed by atoms with Crippen molar-refractivity contribution >= 4 is 10.8 Å². The molecule has 0 atom stereocenters. The van der Waals surface area contributed by atoms with Crippen LogP contribution in [0.3, 0.4) is 0 Å². The molecular formula is C16H19NO. The Morgan fingerprint density at radius 2 is 1.83 bits per heavy atom. The standard InChI is InChI=1S/C16H19NO/c1-18-15-7-6-12(10-16(11-17)8-9-16)13-4-2-3-5-14(13)15/h2-7H,8-11,17H2,1H3. The Morgan fingerprint density at radius 3 is 2.44 bits per heavy atom. The van der Waals surface area contributed by atoms with Gasteiger partial charge >= 0.3 is 0 Å². The first-order chi connectivity index (χ1) is 8.78. The van der Waals surface area contributed by atoms with Gasteiger partial charge in [0.25, 0.3) is 0 Å². The van der Waals surface area contributed by atoms with E-state index in [2.05, 4.69) is 36.4 Å². The van der Waals surface area contributed by atoms with Crippen molar-refractivity contribution in [2.75, 3.05) is 13.7 Å². The summed E-state index contributed by atoms with van der Waals surface area (Å²) < 4.78 is 5.43. The summed E-state index contributed by atoms with van der Waals surface area (Å²) in [5.41, 5.74) is 7.66. The molecule has 0 saturated heterocycles. The van der Waals surface area contributed by atoms with E-state index in [9.17, 15) is 0 Å². The Bertz CT molecular complexity index is 572. The third-order valence-corrected chi connectivity index (χ3v) is 4.15. The van der Waals surface area contributed by atoms with Gasteiger partial charge in [-0.3, -0.25) is 0 Å². The number of methoxy groups -OCH3 is 1. The normalized spacial score (nSPS) is 16.8. The molecule has 3 rings (SSSR count). The zero-order chi connectivity index (χ0) is 12.6. The second-order valence-corrected chi connectivity index (χ2v) is 5.35. The fourth-order valence-corrected chi connectivity index (χ4v) is 2.70. The first-order valence-electron chi connectivity index (χ1n) is 6.53. The van der Waals surface area contributed by atoms with Gasteiger partial charge in [0.2, 0.25) is 0 Å². The molecule has 0 spiro atoms. The van der Waals surface area contributed by atoms with Gasteiger partial charge in [0.1, 0.15) is 5.75 Å². The Balaban J connectivity index is 2.07. The molecule has 2 aromatic rings. The molecular weight excluding hydrogens is 222 g/mol. The maximum Gasteiger partial charge on any atom is 0.126 e. The topological polar surface area (TPSA) is 35.2 Å². The summed E-state index contributed by atoms with van der Waals surface area (Å²) in [7, 11) is 1.73. The van der Waals surface area contributed by atoms with Crippen LogP contribution in [0.4, 0.5) is 0 Å². The van der Waals surface area contributed by atoms with Crippen LogP contribution in [-0.4, -0.2) is 13.7 Å². The van der Waals surface area contributed by atoms with Crippen molar-refractivity contribution in [1.29, 1.82) is 0 Å². The van der Waals surface area contributed by atoms with E-state index in [0.29, 0.717) is 5.41 Å². The number of nitrogens with two attached hydrogens (primary N) is 1. The van der Waals surface area contributed by atoms with Crippen LogP contribution in [0, 0.1) is 5.41 Å². The minimum atomic E-state index is 0.372. The van der Waals surface area contributed by atoms with Gasteiger partial charge in [0.15, 0.2) is 0 Å². The molecule has 2 heteroatoms.